The minimum Gasteiger partial charge on any atom is -0.464 e. The summed E-state index contributed by atoms with van der Waals surface area (Å²) in [6.45, 7) is 2.86. The van der Waals surface area contributed by atoms with Crippen molar-refractivity contribution in [2.24, 2.45) is 0 Å². The first kappa shape index (κ1) is 16.5. The van der Waals surface area contributed by atoms with Gasteiger partial charge in [-0.1, -0.05) is 0 Å². The molecule has 1 amide bonds. The van der Waals surface area contributed by atoms with Gasteiger partial charge in [-0.2, -0.15) is 0 Å². The molecule has 0 radical (unpaired) electrons. The molecule has 120 valence electrons. The lowest BCUT2D eigenvalue weighted by Gasteiger charge is -2.27. The fourth-order valence-corrected chi connectivity index (χ4v) is 1.86. The van der Waals surface area contributed by atoms with Crippen LogP contribution in [0.15, 0.2) is 12.1 Å². The van der Waals surface area contributed by atoms with Crippen LogP contribution in [0.5, 0.6) is 0 Å². The summed E-state index contributed by atoms with van der Waals surface area (Å²) in [5.74, 6) is -0.521. The van der Waals surface area contributed by atoms with E-state index in [1.807, 2.05) is 0 Å². The average molecular weight is 328 g/mol. The number of carbonyl (C=O) groups excluding carboxylic acids is 2. The minimum atomic E-state index is -0.678. The van der Waals surface area contributed by atoms with Gasteiger partial charge in [-0.05, 0) is 25.5 Å². The number of hydrogen-bond donors (Lipinski definition) is 2. The van der Waals surface area contributed by atoms with Crippen LogP contribution >= 0.6 is 11.6 Å². The highest BCUT2D eigenvalue weighted by Gasteiger charge is 2.20. The van der Waals surface area contributed by atoms with Crippen molar-refractivity contribution in [3.8, 4) is 0 Å². The molecule has 7 nitrogen and oxygen atoms in total. The molecule has 0 aromatic carbocycles. The number of hydrogen-bond acceptors (Lipinski definition) is 6. The maximum Gasteiger partial charge on any atom is 0.356 e. The first-order valence-corrected chi connectivity index (χ1v) is 7.34. The van der Waals surface area contributed by atoms with E-state index in [1.165, 1.54) is 13.2 Å². The molecule has 1 aliphatic rings. The zero-order valence-electron chi connectivity index (χ0n) is 12.4. The summed E-state index contributed by atoms with van der Waals surface area (Å²) < 4.78 is 9.97. The van der Waals surface area contributed by atoms with E-state index in [1.54, 1.807) is 13.0 Å². The van der Waals surface area contributed by atoms with Crippen molar-refractivity contribution in [1.82, 2.24) is 4.98 Å². The van der Waals surface area contributed by atoms with Crippen molar-refractivity contribution < 1.29 is 19.1 Å². The third-order valence-corrected chi connectivity index (χ3v) is 3.40. The molecular weight excluding hydrogens is 310 g/mol. The topological polar surface area (TPSA) is 89.5 Å². The molecule has 2 heterocycles. The zero-order chi connectivity index (χ0) is 16.1. The number of alkyl halides is 1. The molecule has 0 aliphatic carbocycles. The Morgan fingerprint density at radius 3 is 2.82 bits per heavy atom. The second-order valence-corrected chi connectivity index (χ2v) is 5.51. The second-order valence-electron chi connectivity index (χ2n) is 4.85. The molecule has 2 rings (SSSR count). The predicted molar refractivity (Wildman–Crippen MR) is 82.4 cm³/mol. The van der Waals surface area contributed by atoms with E-state index >= 15 is 0 Å². The average Bonchev–Trinajstić information content (AvgIpc) is 2.46. The molecule has 0 spiro atoms. The van der Waals surface area contributed by atoms with Gasteiger partial charge in [-0.15, -0.1) is 11.6 Å². The Hall–Kier alpha value is -1.86. The summed E-state index contributed by atoms with van der Waals surface area (Å²) in [5.41, 5.74) is 0.598. The Bertz CT molecular complexity index is 561. The molecule has 0 saturated carbocycles. The SMILES string of the molecule is COC(=O)c1ccc(NC(=O)C(C)Cl)c(NC[C@@H]2CCO2)n1. The molecule has 2 atom stereocenters. The Kier molecular flexibility index (Phi) is 5.57. The van der Waals surface area contributed by atoms with Crippen LogP contribution in [0.3, 0.4) is 0 Å². The summed E-state index contributed by atoms with van der Waals surface area (Å²) in [7, 11) is 1.28. The van der Waals surface area contributed by atoms with Gasteiger partial charge in [0.05, 0.1) is 18.9 Å². The van der Waals surface area contributed by atoms with E-state index < -0.39 is 11.3 Å². The molecule has 2 N–H and O–H groups in total. The van der Waals surface area contributed by atoms with E-state index in [0.717, 1.165) is 13.0 Å². The van der Waals surface area contributed by atoms with E-state index in [2.05, 4.69) is 20.4 Å². The molecule has 1 saturated heterocycles. The van der Waals surface area contributed by atoms with E-state index in [9.17, 15) is 9.59 Å². The molecular formula is C14H18ClN3O4. The van der Waals surface area contributed by atoms with Crippen molar-refractivity contribution >= 4 is 35.0 Å². The van der Waals surface area contributed by atoms with Gasteiger partial charge in [-0.25, -0.2) is 9.78 Å². The largest absolute Gasteiger partial charge is 0.464 e. The minimum absolute atomic E-state index is 0.110. The molecule has 22 heavy (non-hydrogen) atoms. The van der Waals surface area contributed by atoms with Crippen LogP contribution in [-0.4, -0.2) is 48.6 Å². The number of amides is 1. The molecule has 1 unspecified atom stereocenters. The van der Waals surface area contributed by atoms with E-state index in [-0.39, 0.29) is 17.7 Å². The first-order chi connectivity index (χ1) is 10.5. The van der Waals surface area contributed by atoms with Gasteiger partial charge >= 0.3 is 5.97 Å². The van der Waals surface area contributed by atoms with Gasteiger partial charge in [0, 0.05) is 13.2 Å². The smallest absolute Gasteiger partial charge is 0.356 e. The fraction of sp³-hybridized carbons (Fsp3) is 0.500. The van der Waals surface area contributed by atoms with Gasteiger partial charge in [0.1, 0.15) is 5.38 Å². The Labute approximate surface area is 133 Å². The first-order valence-electron chi connectivity index (χ1n) is 6.91. The number of halogens is 1. The van der Waals surface area contributed by atoms with Crippen molar-refractivity contribution in [3.05, 3.63) is 17.8 Å². The lowest BCUT2D eigenvalue weighted by molar-refractivity contribution is -0.115. The quantitative estimate of drug-likeness (QED) is 0.610. The van der Waals surface area contributed by atoms with Crippen molar-refractivity contribution in [3.63, 3.8) is 0 Å². The van der Waals surface area contributed by atoms with Crippen LogP contribution < -0.4 is 10.6 Å². The van der Waals surface area contributed by atoms with E-state index in [0.29, 0.717) is 18.1 Å². The zero-order valence-corrected chi connectivity index (χ0v) is 13.1. The summed E-state index contributed by atoms with van der Waals surface area (Å²) in [5, 5.41) is 5.06. The number of anilines is 2. The summed E-state index contributed by atoms with van der Waals surface area (Å²) in [6, 6.07) is 3.06. The second kappa shape index (κ2) is 7.42. The standard InChI is InChI=1S/C14H18ClN3O4/c1-8(15)13(19)18-10-3-4-11(14(20)21-2)17-12(10)16-7-9-5-6-22-9/h3-4,8-9H,5-7H2,1-2H3,(H,16,17)(H,18,19)/t8?,9-/m0/s1. The number of aromatic nitrogens is 1. The van der Waals surface area contributed by atoms with Crippen molar-refractivity contribution in [1.29, 1.82) is 0 Å². The number of carbonyl (C=O) groups is 2. The van der Waals surface area contributed by atoms with Gasteiger partial charge in [0.15, 0.2) is 11.5 Å². The van der Waals surface area contributed by atoms with Crippen molar-refractivity contribution in [2.75, 3.05) is 30.9 Å². The molecule has 0 bridgehead atoms. The third kappa shape index (κ3) is 4.08. The van der Waals surface area contributed by atoms with Crippen LogP contribution in [0.25, 0.3) is 0 Å². The predicted octanol–water partition coefficient (Wildman–Crippen LogP) is 1.63. The number of esters is 1. The number of pyridine rings is 1. The number of nitrogens with one attached hydrogen (secondary N) is 2. The molecule has 8 heteroatoms. The summed E-state index contributed by atoms with van der Waals surface area (Å²) >= 11 is 5.75. The molecule has 1 aromatic rings. The highest BCUT2D eigenvalue weighted by atomic mass is 35.5. The Morgan fingerprint density at radius 2 is 2.27 bits per heavy atom. The third-order valence-electron chi connectivity index (χ3n) is 3.20. The lowest BCUT2D eigenvalue weighted by Crippen LogP contribution is -2.34. The maximum absolute atomic E-state index is 11.7. The number of methoxy groups -OCH3 is 1. The van der Waals surface area contributed by atoms with Crippen LogP contribution in [0, 0.1) is 0 Å². The normalized spacial score (nSPS) is 18.0. The van der Waals surface area contributed by atoms with Gasteiger partial charge < -0.3 is 20.1 Å². The number of rotatable bonds is 6. The highest BCUT2D eigenvalue weighted by Crippen LogP contribution is 2.22. The maximum atomic E-state index is 11.7. The number of nitrogens with zero attached hydrogens (tertiary/aromatic N) is 1. The van der Waals surface area contributed by atoms with Crippen LogP contribution in [0.4, 0.5) is 11.5 Å². The van der Waals surface area contributed by atoms with Gasteiger partial charge in [-0.3, -0.25) is 4.79 Å². The van der Waals surface area contributed by atoms with Crippen LogP contribution in [0.2, 0.25) is 0 Å². The van der Waals surface area contributed by atoms with Crippen molar-refractivity contribution in [2.45, 2.75) is 24.8 Å². The molecule has 1 aromatic heterocycles. The van der Waals surface area contributed by atoms with Crippen LogP contribution in [-0.2, 0) is 14.3 Å². The fourth-order valence-electron chi connectivity index (χ4n) is 1.80. The Morgan fingerprint density at radius 1 is 1.55 bits per heavy atom. The summed E-state index contributed by atoms with van der Waals surface area (Å²) in [6.07, 6.45) is 1.07. The number of ether oxygens (including phenoxy) is 2. The monoisotopic (exact) mass is 327 g/mol. The Balaban J connectivity index is 2.17. The van der Waals surface area contributed by atoms with E-state index in [4.69, 9.17) is 16.3 Å². The lowest BCUT2D eigenvalue weighted by atomic mass is 10.2. The summed E-state index contributed by atoms with van der Waals surface area (Å²) in [4.78, 5) is 27.5. The van der Waals surface area contributed by atoms with Crippen LogP contribution in [0.1, 0.15) is 23.8 Å². The van der Waals surface area contributed by atoms with Gasteiger partial charge in [0.2, 0.25) is 5.91 Å². The molecule has 1 fully saturated rings. The molecule has 1 aliphatic heterocycles. The van der Waals surface area contributed by atoms with Gasteiger partial charge in [0.25, 0.3) is 0 Å². The highest BCUT2D eigenvalue weighted by molar-refractivity contribution is 6.32.